The molecule has 0 spiro atoms. The molecule has 0 saturated carbocycles. The Bertz CT molecular complexity index is 670. The van der Waals surface area contributed by atoms with E-state index in [0.29, 0.717) is 42.2 Å². The maximum atomic E-state index is 12.2. The van der Waals surface area contributed by atoms with Gasteiger partial charge in [-0.2, -0.15) is 0 Å². The normalized spacial score (nSPS) is 24.5. The van der Waals surface area contributed by atoms with Crippen molar-refractivity contribution in [2.24, 2.45) is 17.8 Å². The van der Waals surface area contributed by atoms with Gasteiger partial charge in [-0.3, -0.25) is 9.59 Å². The second kappa shape index (κ2) is 9.30. The summed E-state index contributed by atoms with van der Waals surface area (Å²) in [6, 6.07) is 0. The molecule has 142 valence electrons. The number of carbonyl (C=O) groups excluding carboxylic acids is 2. The van der Waals surface area contributed by atoms with Gasteiger partial charge in [0.15, 0.2) is 11.6 Å². The van der Waals surface area contributed by atoms with Crippen LogP contribution in [0.25, 0.3) is 0 Å². The molecule has 0 saturated heterocycles. The fraction of sp³-hybridized carbons (Fsp3) is 0.583. The van der Waals surface area contributed by atoms with Gasteiger partial charge in [-0.15, -0.1) is 0 Å². The van der Waals surface area contributed by atoms with Crippen LogP contribution in [0.1, 0.15) is 73.1 Å². The molecule has 0 aliphatic heterocycles. The van der Waals surface area contributed by atoms with Crippen molar-refractivity contribution < 1.29 is 9.59 Å². The first-order valence-corrected chi connectivity index (χ1v) is 10.1. The number of hydrogen-bond acceptors (Lipinski definition) is 2. The van der Waals surface area contributed by atoms with Crippen LogP contribution in [0.4, 0.5) is 0 Å². The minimum atomic E-state index is 0.326. The third-order valence-corrected chi connectivity index (χ3v) is 6.16. The summed E-state index contributed by atoms with van der Waals surface area (Å²) in [5.41, 5.74) is 4.63. The van der Waals surface area contributed by atoms with Crippen molar-refractivity contribution in [1.29, 1.82) is 0 Å². The summed E-state index contributed by atoms with van der Waals surface area (Å²) in [7, 11) is 0. The van der Waals surface area contributed by atoms with Crippen LogP contribution in [0.2, 0.25) is 0 Å². The Morgan fingerprint density at radius 3 is 2.15 bits per heavy atom. The summed E-state index contributed by atoms with van der Waals surface area (Å²) in [5, 5.41) is 0. The molecule has 2 unspecified atom stereocenters. The monoisotopic (exact) mass is 354 g/mol. The lowest BCUT2D eigenvalue weighted by Gasteiger charge is -2.14. The minimum absolute atomic E-state index is 0.326. The Hall–Kier alpha value is -1.70. The molecular formula is C24H34O2. The second-order valence-electron chi connectivity index (χ2n) is 8.15. The zero-order chi connectivity index (χ0) is 19.3. The highest BCUT2D eigenvalue weighted by Crippen LogP contribution is 2.36. The van der Waals surface area contributed by atoms with E-state index in [1.807, 2.05) is 13.0 Å². The Morgan fingerprint density at radius 2 is 1.54 bits per heavy atom. The van der Waals surface area contributed by atoms with Crippen LogP contribution < -0.4 is 0 Å². The molecule has 2 rings (SSSR count). The number of Topliss-reactive ketones (excluding diaryl/α,β-unsaturated/α-hetero) is 2. The van der Waals surface area contributed by atoms with E-state index in [9.17, 15) is 9.59 Å². The Kier molecular flexibility index (Phi) is 7.37. The zero-order valence-electron chi connectivity index (χ0n) is 17.1. The van der Waals surface area contributed by atoms with E-state index in [-0.39, 0.29) is 0 Å². The van der Waals surface area contributed by atoms with E-state index < -0.39 is 0 Å². The van der Waals surface area contributed by atoms with Crippen LogP contribution in [0.5, 0.6) is 0 Å². The Labute approximate surface area is 159 Å². The van der Waals surface area contributed by atoms with Crippen molar-refractivity contribution in [1.82, 2.24) is 0 Å². The van der Waals surface area contributed by atoms with Crippen molar-refractivity contribution in [3.8, 4) is 0 Å². The van der Waals surface area contributed by atoms with Crippen LogP contribution in [-0.4, -0.2) is 11.6 Å². The van der Waals surface area contributed by atoms with E-state index in [1.54, 1.807) is 0 Å². The second-order valence-corrected chi connectivity index (χ2v) is 8.15. The van der Waals surface area contributed by atoms with Gasteiger partial charge in [-0.1, -0.05) is 49.3 Å². The van der Waals surface area contributed by atoms with Gasteiger partial charge in [0, 0.05) is 12.8 Å². The number of carbonyl (C=O) groups is 2. The fourth-order valence-electron chi connectivity index (χ4n) is 4.34. The Balaban J connectivity index is 1.86. The van der Waals surface area contributed by atoms with Gasteiger partial charge in [-0.25, -0.2) is 0 Å². The molecule has 2 aliphatic carbocycles. The third kappa shape index (κ3) is 4.72. The molecule has 0 fully saturated rings. The average molecular weight is 355 g/mol. The van der Waals surface area contributed by atoms with Gasteiger partial charge in [0.1, 0.15) is 0 Å². The van der Waals surface area contributed by atoms with Crippen LogP contribution >= 0.6 is 0 Å². The van der Waals surface area contributed by atoms with Crippen LogP contribution in [-0.2, 0) is 9.59 Å². The lowest BCUT2D eigenvalue weighted by atomic mass is 9.90. The van der Waals surface area contributed by atoms with Crippen LogP contribution in [0.15, 0.2) is 46.6 Å². The average Bonchev–Trinajstić information content (AvgIpc) is 3.02. The highest BCUT2D eigenvalue weighted by atomic mass is 16.1. The van der Waals surface area contributed by atoms with Gasteiger partial charge >= 0.3 is 0 Å². The highest BCUT2D eigenvalue weighted by Gasteiger charge is 2.30. The molecule has 0 N–H and O–H groups in total. The van der Waals surface area contributed by atoms with Gasteiger partial charge in [-0.05, 0) is 75.4 Å². The summed E-state index contributed by atoms with van der Waals surface area (Å²) < 4.78 is 0. The molecular weight excluding hydrogens is 320 g/mol. The smallest absolute Gasteiger partial charge is 0.159 e. The number of allylic oxidation sites excluding steroid dienone is 8. The molecule has 2 aliphatic rings. The van der Waals surface area contributed by atoms with Crippen LogP contribution in [0.3, 0.4) is 0 Å². The summed E-state index contributed by atoms with van der Waals surface area (Å²) >= 11 is 0. The van der Waals surface area contributed by atoms with E-state index in [4.69, 9.17) is 0 Å². The van der Waals surface area contributed by atoms with E-state index in [0.717, 1.165) is 36.8 Å². The maximum absolute atomic E-state index is 12.2. The van der Waals surface area contributed by atoms with E-state index >= 15 is 0 Å². The predicted octanol–water partition coefficient (Wildman–Crippen LogP) is 6.15. The molecule has 0 aromatic carbocycles. The number of ketones is 2. The standard InChI is InChI=1S/C24H34O2/c1-6-7-12-20-17(4)19(14-23(20)25)11-9-8-10-13-21-18(5)22(16(2)3)15-24(21)26/h6-8,10,16,19,22H,9,11-15H2,1-5H3/b7-6-,10-8-. The first-order chi connectivity index (χ1) is 12.4. The molecule has 2 nitrogen and oxygen atoms in total. The molecule has 0 bridgehead atoms. The summed E-state index contributed by atoms with van der Waals surface area (Å²) in [4.78, 5) is 24.4. The summed E-state index contributed by atoms with van der Waals surface area (Å²) in [6.07, 6.45) is 13.3. The molecule has 2 heteroatoms. The van der Waals surface area contributed by atoms with Gasteiger partial charge in [0.2, 0.25) is 0 Å². The number of rotatable bonds is 8. The van der Waals surface area contributed by atoms with Crippen molar-refractivity contribution in [2.45, 2.75) is 73.1 Å². The predicted molar refractivity (Wildman–Crippen MR) is 109 cm³/mol. The highest BCUT2D eigenvalue weighted by molar-refractivity contribution is 5.99. The minimum Gasteiger partial charge on any atom is -0.295 e. The lowest BCUT2D eigenvalue weighted by Crippen LogP contribution is -2.07. The molecule has 0 aromatic rings. The largest absolute Gasteiger partial charge is 0.295 e. The van der Waals surface area contributed by atoms with Crippen molar-refractivity contribution in [2.75, 3.05) is 0 Å². The first kappa shape index (κ1) is 20.6. The third-order valence-electron chi connectivity index (χ3n) is 6.16. The first-order valence-electron chi connectivity index (χ1n) is 10.1. The molecule has 0 radical (unpaired) electrons. The van der Waals surface area contributed by atoms with Crippen molar-refractivity contribution in [3.63, 3.8) is 0 Å². The molecule has 0 aromatic heterocycles. The fourth-order valence-corrected chi connectivity index (χ4v) is 4.34. The Morgan fingerprint density at radius 1 is 0.923 bits per heavy atom. The zero-order valence-corrected chi connectivity index (χ0v) is 17.1. The quantitative estimate of drug-likeness (QED) is 0.490. The summed E-state index contributed by atoms with van der Waals surface area (Å²) in [5.74, 6) is 2.02. The van der Waals surface area contributed by atoms with Crippen molar-refractivity contribution in [3.05, 3.63) is 46.6 Å². The van der Waals surface area contributed by atoms with Gasteiger partial charge < -0.3 is 0 Å². The van der Waals surface area contributed by atoms with Crippen molar-refractivity contribution >= 4 is 11.6 Å². The molecule has 0 amide bonds. The summed E-state index contributed by atoms with van der Waals surface area (Å²) in [6.45, 7) is 10.6. The lowest BCUT2D eigenvalue weighted by molar-refractivity contribution is -0.116. The number of hydrogen-bond donors (Lipinski definition) is 0. The molecule has 2 atom stereocenters. The van der Waals surface area contributed by atoms with E-state index in [2.05, 4.69) is 45.9 Å². The maximum Gasteiger partial charge on any atom is 0.159 e. The SMILES string of the molecule is C/C=C\CC1=C(C)C(CC/C=C\CC2=C(C)C(C(C)C)CC2=O)CC1=O. The van der Waals surface area contributed by atoms with Gasteiger partial charge in [0.25, 0.3) is 0 Å². The van der Waals surface area contributed by atoms with E-state index in [1.165, 1.54) is 11.1 Å². The van der Waals surface area contributed by atoms with Crippen LogP contribution in [0, 0.1) is 17.8 Å². The van der Waals surface area contributed by atoms with Gasteiger partial charge in [0.05, 0.1) is 0 Å². The molecule has 26 heavy (non-hydrogen) atoms. The topological polar surface area (TPSA) is 34.1 Å². The molecule has 0 heterocycles.